The van der Waals surface area contributed by atoms with Crippen molar-refractivity contribution in [3.63, 3.8) is 0 Å². The Hall–Kier alpha value is -2.35. The minimum atomic E-state index is -0.395. The summed E-state index contributed by atoms with van der Waals surface area (Å²) in [4.78, 5) is 10.4. The van der Waals surface area contributed by atoms with Gasteiger partial charge in [0.2, 0.25) is 0 Å². The van der Waals surface area contributed by atoms with Crippen molar-refractivity contribution in [2.45, 2.75) is 10.4 Å². The Labute approximate surface area is 152 Å². The highest BCUT2D eigenvalue weighted by Gasteiger charge is 2.30. The van der Waals surface area contributed by atoms with Crippen LogP contribution in [0.15, 0.2) is 59.8 Å². The molecule has 126 valence electrons. The number of hydrogen-bond donors (Lipinski definition) is 1. The lowest BCUT2D eigenvalue weighted by Crippen LogP contribution is -2.31. The molecule has 4 rings (SSSR count). The molecule has 1 unspecified atom stereocenters. The van der Waals surface area contributed by atoms with Crippen LogP contribution in [0.5, 0.6) is 11.6 Å². The third kappa shape index (κ3) is 3.02. The van der Waals surface area contributed by atoms with E-state index < -0.39 is 5.50 Å². The first-order valence-corrected chi connectivity index (χ1v) is 8.63. The summed E-state index contributed by atoms with van der Waals surface area (Å²) >= 11 is 7.23. The Bertz CT molecular complexity index is 925. The SMILES string of the molecule is NC1Sc2c(F)cccc2N1c1ccc(Oc2nccnc2Cl)cc1. The Balaban J connectivity index is 1.61. The van der Waals surface area contributed by atoms with Gasteiger partial charge in [-0.05, 0) is 36.4 Å². The zero-order valence-electron chi connectivity index (χ0n) is 12.8. The molecule has 0 saturated heterocycles. The molecule has 0 aliphatic carbocycles. The number of ether oxygens (including phenoxy) is 1. The highest BCUT2D eigenvalue weighted by Crippen LogP contribution is 2.46. The van der Waals surface area contributed by atoms with Crippen molar-refractivity contribution in [2.24, 2.45) is 5.73 Å². The lowest BCUT2D eigenvalue weighted by atomic mass is 10.2. The number of benzene rings is 2. The zero-order chi connectivity index (χ0) is 17.4. The summed E-state index contributed by atoms with van der Waals surface area (Å²) in [6, 6.07) is 12.2. The van der Waals surface area contributed by atoms with E-state index in [1.54, 1.807) is 18.2 Å². The second kappa shape index (κ2) is 6.51. The number of nitrogens with two attached hydrogens (primary N) is 1. The van der Waals surface area contributed by atoms with Gasteiger partial charge in [-0.25, -0.2) is 14.4 Å². The summed E-state index contributed by atoms with van der Waals surface area (Å²) in [6.45, 7) is 0. The molecule has 0 saturated carbocycles. The maximum absolute atomic E-state index is 13.9. The van der Waals surface area contributed by atoms with E-state index in [2.05, 4.69) is 9.97 Å². The first kappa shape index (κ1) is 16.1. The minimum Gasteiger partial charge on any atom is -0.436 e. The topological polar surface area (TPSA) is 64.3 Å². The fraction of sp³-hybridized carbons (Fsp3) is 0.0588. The van der Waals surface area contributed by atoms with Crippen molar-refractivity contribution in [3.8, 4) is 11.6 Å². The summed E-state index contributed by atoms with van der Waals surface area (Å²) in [7, 11) is 0. The molecule has 1 aliphatic heterocycles. The van der Waals surface area contributed by atoms with Crippen molar-refractivity contribution in [2.75, 3.05) is 4.90 Å². The van der Waals surface area contributed by atoms with Gasteiger partial charge >= 0.3 is 0 Å². The molecule has 0 fully saturated rings. The largest absolute Gasteiger partial charge is 0.436 e. The third-order valence-electron chi connectivity index (χ3n) is 3.65. The van der Waals surface area contributed by atoms with Crippen LogP contribution in [-0.2, 0) is 0 Å². The van der Waals surface area contributed by atoms with E-state index in [-0.39, 0.29) is 16.9 Å². The van der Waals surface area contributed by atoms with Crippen molar-refractivity contribution in [1.82, 2.24) is 9.97 Å². The molecule has 0 radical (unpaired) electrons. The molecule has 2 heterocycles. The predicted molar refractivity (Wildman–Crippen MR) is 95.9 cm³/mol. The summed E-state index contributed by atoms with van der Waals surface area (Å²) < 4.78 is 19.6. The Morgan fingerprint density at radius 1 is 1.12 bits per heavy atom. The first-order valence-electron chi connectivity index (χ1n) is 7.38. The zero-order valence-corrected chi connectivity index (χ0v) is 14.3. The van der Waals surface area contributed by atoms with Crippen LogP contribution in [0.1, 0.15) is 0 Å². The molecule has 5 nitrogen and oxygen atoms in total. The fourth-order valence-corrected chi connectivity index (χ4v) is 3.76. The second-order valence-corrected chi connectivity index (χ2v) is 6.70. The van der Waals surface area contributed by atoms with Crippen LogP contribution in [0.4, 0.5) is 15.8 Å². The van der Waals surface area contributed by atoms with Crippen LogP contribution in [0, 0.1) is 5.82 Å². The van der Waals surface area contributed by atoms with E-state index in [4.69, 9.17) is 22.1 Å². The van der Waals surface area contributed by atoms with Gasteiger partial charge in [-0.3, -0.25) is 0 Å². The molecule has 0 spiro atoms. The quantitative estimate of drug-likeness (QED) is 0.725. The molecule has 2 aromatic carbocycles. The van der Waals surface area contributed by atoms with E-state index >= 15 is 0 Å². The summed E-state index contributed by atoms with van der Waals surface area (Å²) in [5.74, 6) is 0.529. The molecular formula is C17H12ClFN4OS. The highest BCUT2D eigenvalue weighted by molar-refractivity contribution is 8.00. The first-order chi connectivity index (χ1) is 12.1. The average molecular weight is 375 g/mol. The number of rotatable bonds is 3. The summed E-state index contributed by atoms with van der Waals surface area (Å²) in [5.41, 5.74) is 7.36. The number of fused-ring (bicyclic) bond motifs is 1. The number of nitrogens with zero attached hydrogens (tertiary/aromatic N) is 3. The van der Waals surface area contributed by atoms with Gasteiger partial charge < -0.3 is 15.4 Å². The van der Waals surface area contributed by atoms with Gasteiger partial charge in [-0.1, -0.05) is 29.4 Å². The Kier molecular flexibility index (Phi) is 4.20. The number of aromatic nitrogens is 2. The Morgan fingerprint density at radius 3 is 2.64 bits per heavy atom. The normalized spacial score (nSPS) is 16.0. The molecule has 2 N–H and O–H groups in total. The molecule has 0 amide bonds. The van der Waals surface area contributed by atoms with Gasteiger partial charge in [-0.15, -0.1) is 0 Å². The Morgan fingerprint density at radius 2 is 1.88 bits per heavy atom. The highest BCUT2D eigenvalue weighted by atomic mass is 35.5. The molecule has 25 heavy (non-hydrogen) atoms. The van der Waals surface area contributed by atoms with Gasteiger partial charge in [0.1, 0.15) is 17.1 Å². The molecular weight excluding hydrogens is 363 g/mol. The van der Waals surface area contributed by atoms with E-state index in [1.165, 1.54) is 30.2 Å². The molecule has 1 aliphatic rings. The number of hydrogen-bond acceptors (Lipinski definition) is 6. The lowest BCUT2D eigenvalue weighted by Gasteiger charge is -2.23. The van der Waals surface area contributed by atoms with E-state index in [1.807, 2.05) is 23.1 Å². The standard InChI is InChI=1S/C17H12ClFN4OS/c18-15-16(22-9-8-21-15)24-11-6-4-10(5-7-11)23-13-3-1-2-12(19)14(13)25-17(23)20/h1-9,17H,20H2. The summed E-state index contributed by atoms with van der Waals surface area (Å²) in [5, 5.41) is 0.189. The molecule has 0 bridgehead atoms. The minimum absolute atomic E-state index is 0.189. The van der Waals surface area contributed by atoms with Gasteiger partial charge in [0.15, 0.2) is 5.15 Å². The van der Waals surface area contributed by atoms with Gasteiger partial charge in [0.05, 0.1) is 10.6 Å². The van der Waals surface area contributed by atoms with Gasteiger partial charge in [-0.2, -0.15) is 0 Å². The van der Waals surface area contributed by atoms with Crippen LogP contribution in [-0.4, -0.2) is 15.5 Å². The maximum Gasteiger partial charge on any atom is 0.257 e. The molecule has 1 aromatic heterocycles. The monoisotopic (exact) mass is 374 g/mol. The van der Waals surface area contributed by atoms with Crippen molar-refractivity contribution >= 4 is 34.7 Å². The van der Waals surface area contributed by atoms with Crippen molar-refractivity contribution in [3.05, 3.63) is 65.8 Å². The van der Waals surface area contributed by atoms with Crippen LogP contribution in [0.2, 0.25) is 5.15 Å². The van der Waals surface area contributed by atoms with Crippen LogP contribution in [0.25, 0.3) is 0 Å². The fourth-order valence-electron chi connectivity index (χ4n) is 2.56. The van der Waals surface area contributed by atoms with Gasteiger partial charge in [0, 0.05) is 18.1 Å². The van der Waals surface area contributed by atoms with Crippen molar-refractivity contribution in [1.29, 1.82) is 0 Å². The molecule has 8 heteroatoms. The van der Waals surface area contributed by atoms with E-state index in [0.717, 1.165) is 11.4 Å². The maximum atomic E-state index is 13.9. The van der Waals surface area contributed by atoms with Crippen LogP contribution < -0.4 is 15.4 Å². The number of thioether (sulfide) groups is 1. The van der Waals surface area contributed by atoms with Crippen LogP contribution in [0.3, 0.4) is 0 Å². The van der Waals surface area contributed by atoms with Gasteiger partial charge in [0.25, 0.3) is 5.88 Å². The smallest absolute Gasteiger partial charge is 0.257 e. The molecule has 1 atom stereocenters. The lowest BCUT2D eigenvalue weighted by molar-refractivity contribution is 0.460. The number of halogens is 2. The van der Waals surface area contributed by atoms with E-state index in [9.17, 15) is 4.39 Å². The van der Waals surface area contributed by atoms with Crippen LogP contribution >= 0.6 is 23.4 Å². The van der Waals surface area contributed by atoms with Crippen molar-refractivity contribution < 1.29 is 9.13 Å². The predicted octanol–water partition coefficient (Wildman–Crippen LogP) is 4.55. The second-order valence-electron chi connectivity index (χ2n) is 5.21. The summed E-state index contributed by atoms with van der Waals surface area (Å²) in [6.07, 6.45) is 2.99. The van der Waals surface area contributed by atoms with E-state index in [0.29, 0.717) is 10.6 Å². The molecule has 3 aromatic rings. The third-order valence-corrected chi connectivity index (χ3v) is 5.00. The number of anilines is 2. The average Bonchev–Trinajstić information content (AvgIpc) is 2.95.